The first-order valence-electron chi connectivity index (χ1n) is 6.60. The van der Waals surface area contributed by atoms with Crippen LogP contribution in [0.3, 0.4) is 0 Å². The number of nitrogens with one attached hydrogen (secondary N) is 1. The zero-order valence-corrected chi connectivity index (χ0v) is 13.1. The molecule has 0 heterocycles. The van der Waals surface area contributed by atoms with Gasteiger partial charge in [0, 0.05) is 42.3 Å². The summed E-state index contributed by atoms with van der Waals surface area (Å²) in [5.74, 6) is 0.142. The quantitative estimate of drug-likeness (QED) is 0.808. The highest BCUT2D eigenvalue weighted by Crippen LogP contribution is 2.17. The van der Waals surface area contributed by atoms with Crippen LogP contribution in [-0.4, -0.2) is 36.5 Å². The summed E-state index contributed by atoms with van der Waals surface area (Å²) in [4.78, 5) is 13.9. The molecule has 106 valence electrons. The van der Waals surface area contributed by atoms with Crippen LogP contribution in [0.15, 0.2) is 28.7 Å². The van der Waals surface area contributed by atoms with Gasteiger partial charge in [0.15, 0.2) is 0 Å². The van der Waals surface area contributed by atoms with Gasteiger partial charge in [0.25, 0.3) is 0 Å². The van der Waals surface area contributed by atoms with Crippen molar-refractivity contribution in [3.8, 4) is 0 Å². The fourth-order valence-electron chi connectivity index (χ4n) is 1.92. The van der Waals surface area contributed by atoms with Gasteiger partial charge in [0.1, 0.15) is 0 Å². The number of halogens is 1. The number of carbonyl (C=O) groups is 1. The predicted octanol–water partition coefficient (Wildman–Crippen LogP) is 2.45. The van der Waals surface area contributed by atoms with Crippen LogP contribution in [0, 0.1) is 0 Å². The van der Waals surface area contributed by atoms with Gasteiger partial charge in [-0.25, -0.2) is 0 Å². The number of anilines is 1. The van der Waals surface area contributed by atoms with E-state index in [1.165, 1.54) is 0 Å². The van der Waals surface area contributed by atoms with Gasteiger partial charge in [-0.1, -0.05) is 22.0 Å². The first-order valence-corrected chi connectivity index (χ1v) is 7.39. The van der Waals surface area contributed by atoms with E-state index in [0.717, 1.165) is 23.2 Å². The third kappa shape index (κ3) is 5.20. The van der Waals surface area contributed by atoms with Crippen molar-refractivity contribution >= 4 is 27.5 Å². The standard InChI is InChI=1S/C14H22BrN3O/c1-3-18(4-2)14(19)9-13(10-16)17-12-7-5-6-11(15)8-12/h5-8,13,17H,3-4,9-10,16H2,1-2H3. The maximum absolute atomic E-state index is 12.1. The third-order valence-corrected chi connectivity index (χ3v) is 3.51. The van der Waals surface area contributed by atoms with E-state index in [-0.39, 0.29) is 11.9 Å². The summed E-state index contributed by atoms with van der Waals surface area (Å²) in [5, 5.41) is 3.30. The van der Waals surface area contributed by atoms with Crippen LogP contribution in [0.4, 0.5) is 5.69 Å². The molecule has 0 spiro atoms. The Morgan fingerprint density at radius 3 is 2.63 bits per heavy atom. The van der Waals surface area contributed by atoms with Crippen molar-refractivity contribution in [3.63, 3.8) is 0 Å². The van der Waals surface area contributed by atoms with Crippen molar-refractivity contribution in [3.05, 3.63) is 28.7 Å². The Hall–Kier alpha value is -1.07. The first-order chi connectivity index (χ1) is 9.10. The molecule has 0 radical (unpaired) electrons. The Morgan fingerprint density at radius 1 is 1.42 bits per heavy atom. The molecule has 5 heteroatoms. The maximum atomic E-state index is 12.1. The third-order valence-electron chi connectivity index (χ3n) is 3.02. The van der Waals surface area contributed by atoms with E-state index in [0.29, 0.717) is 13.0 Å². The number of rotatable bonds is 7. The Kier molecular flexibility index (Phi) is 6.87. The van der Waals surface area contributed by atoms with E-state index in [1.807, 2.05) is 43.0 Å². The van der Waals surface area contributed by atoms with Gasteiger partial charge in [-0.15, -0.1) is 0 Å². The molecule has 1 rings (SSSR count). The second-order valence-corrected chi connectivity index (χ2v) is 5.27. The van der Waals surface area contributed by atoms with Crippen molar-refractivity contribution < 1.29 is 4.79 Å². The lowest BCUT2D eigenvalue weighted by atomic mass is 10.1. The van der Waals surface area contributed by atoms with Gasteiger partial charge in [0.05, 0.1) is 0 Å². The molecule has 1 aromatic rings. The van der Waals surface area contributed by atoms with Gasteiger partial charge >= 0.3 is 0 Å². The van der Waals surface area contributed by atoms with E-state index in [2.05, 4.69) is 21.2 Å². The minimum Gasteiger partial charge on any atom is -0.380 e. The van der Waals surface area contributed by atoms with Crippen molar-refractivity contribution in [2.24, 2.45) is 5.73 Å². The molecule has 1 unspecified atom stereocenters. The second kappa shape index (κ2) is 8.17. The normalized spacial score (nSPS) is 12.0. The molecule has 0 bridgehead atoms. The van der Waals surface area contributed by atoms with Crippen LogP contribution in [0.5, 0.6) is 0 Å². The summed E-state index contributed by atoms with van der Waals surface area (Å²) >= 11 is 3.42. The van der Waals surface area contributed by atoms with Crippen LogP contribution in [0.2, 0.25) is 0 Å². The summed E-state index contributed by atoms with van der Waals surface area (Å²) in [6, 6.07) is 7.82. The lowest BCUT2D eigenvalue weighted by Gasteiger charge is -2.23. The Balaban J connectivity index is 2.61. The first kappa shape index (κ1) is 16.0. The van der Waals surface area contributed by atoms with Gasteiger partial charge < -0.3 is 16.0 Å². The number of amides is 1. The lowest BCUT2D eigenvalue weighted by molar-refractivity contribution is -0.131. The minimum atomic E-state index is -0.0394. The molecule has 19 heavy (non-hydrogen) atoms. The number of hydrogen-bond acceptors (Lipinski definition) is 3. The highest BCUT2D eigenvalue weighted by Gasteiger charge is 2.16. The fourth-order valence-corrected chi connectivity index (χ4v) is 2.32. The molecule has 3 N–H and O–H groups in total. The summed E-state index contributed by atoms with van der Waals surface area (Å²) < 4.78 is 1.00. The zero-order chi connectivity index (χ0) is 14.3. The average molecular weight is 328 g/mol. The molecule has 1 aromatic carbocycles. The van der Waals surface area contributed by atoms with E-state index >= 15 is 0 Å². The molecule has 0 aliphatic carbocycles. The summed E-state index contributed by atoms with van der Waals surface area (Å²) in [6.07, 6.45) is 0.421. The van der Waals surface area contributed by atoms with Gasteiger partial charge in [0.2, 0.25) is 5.91 Å². The zero-order valence-electron chi connectivity index (χ0n) is 11.5. The van der Waals surface area contributed by atoms with Gasteiger partial charge in [-0.2, -0.15) is 0 Å². The molecular weight excluding hydrogens is 306 g/mol. The van der Waals surface area contributed by atoms with E-state index in [1.54, 1.807) is 0 Å². The van der Waals surface area contributed by atoms with Gasteiger partial charge in [-0.3, -0.25) is 4.79 Å². The van der Waals surface area contributed by atoms with Crippen LogP contribution in [0.25, 0.3) is 0 Å². The highest BCUT2D eigenvalue weighted by molar-refractivity contribution is 9.10. The molecule has 0 saturated heterocycles. The van der Waals surface area contributed by atoms with Crippen LogP contribution in [0.1, 0.15) is 20.3 Å². The SMILES string of the molecule is CCN(CC)C(=O)CC(CN)Nc1cccc(Br)c1. The molecule has 0 aliphatic rings. The Bertz CT molecular complexity index is 407. The van der Waals surface area contributed by atoms with Crippen LogP contribution in [-0.2, 0) is 4.79 Å². The molecule has 1 atom stereocenters. The molecular formula is C14H22BrN3O. The molecule has 0 fully saturated rings. The number of benzene rings is 1. The Morgan fingerprint density at radius 2 is 2.11 bits per heavy atom. The van der Waals surface area contributed by atoms with Crippen molar-refractivity contribution in [2.75, 3.05) is 25.0 Å². The van der Waals surface area contributed by atoms with E-state index in [9.17, 15) is 4.79 Å². The largest absolute Gasteiger partial charge is 0.380 e. The number of nitrogens with two attached hydrogens (primary N) is 1. The average Bonchev–Trinajstić information content (AvgIpc) is 2.39. The number of nitrogens with zero attached hydrogens (tertiary/aromatic N) is 1. The molecule has 0 aromatic heterocycles. The fraction of sp³-hybridized carbons (Fsp3) is 0.500. The topological polar surface area (TPSA) is 58.4 Å². The van der Waals surface area contributed by atoms with Crippen LogP contribution >= 0.6 is 15.9 Å². The lowest BCUT2D eigenvalue weighted by Crippen LogP contribution is -2.38. The highest BCUT2D eigenvalue weighted by atomic mass is 79.9. The van der Waals surface area contributed by atoms with E-state index < -0.39 is 0 Å². The van der Waals surface area contributed by atoms with Gasteiger partial charge in [-0.05, 0) is 32.0 Å². The summed E-state index contributed by atoms with van der Waals surface area (Å²) in [7, 11) is 0. The molecule has 4 nitrogen and oxygen atoms in total. The van der Waals surface area contributed by atoms with Crippen molar-refractivity contribution in [2.45, 2.75) is 26.3 Å². The maximum Gasteiger partial charge on any atom is 0.224 e. The smallest absolute Gasteiger partial charge is 0.224 e. The number of hydrogen-bond donors (Lipinski definition) is 2. The monoisotopic (exact) mass is 327 g/mol. The predicted molar refractivity (Wildman–Crippen MR) is 83.2 cm³/mol. The Labute approximate surface area is 123 Å². The minimum absolute atomic E-state index is 0.0394. The molecule has 0 saturated carbocycles. The van der Waals surface area contributed by atoms with Crippen molar-refractivity contribution in [1.82, 2.24) is 4.90 Å². The second-order valence-electron chi connectivity index (χ2n) is 4.36. The number of carbonyl (C=O) groups excluding carboxylic acids is 1. The van der Waals surface area contributed by atoms with Crippen molar-refractivity contribution in [1.29, 1.82) is 0 Å². The van der Waals surface area contributed by atoms with Crippen LogP contribution < -0.4 is 11.1 Å². The summed E-state index contributed by atoms with van der Waals surface area (Å²) in [6.45, 7) is 5.88. The molecule has 1 amide bonds. The molecule has 0 aliphatic heterocycles. The van der Waals surface area contributed by atoms with E-state index in [4.69, 9.17) is 5.73 Å². The summed E-state index contributed by atoms with van der Waals surface area (Å²) in [5.41, 5.74) is 6.71.